The molecule has 0 aliphatic carbocycles. The minimum absolute atomic E-state index is 0.273. The van der Waals surface area contributed by atoms with E-state index in [9.17, 15) is 4.79 Å². The van der Waals surface area contributed by atoms with Gasteiger partial charge in [0, 0.05) is 16.9 Å². The maximum absolute atomic E-state index is 13.3. The molecule has 2 aromatic heterocycles. The van der Waals surface area contributed by atoms with Crippen LogP contribution in [0.15, 0.2) is 93.9 Å². The number of imidazole rings is 1. The van der Waals surface area contributed by atoms with Crippen molar-refractivity contribution in [3.05, 3.63) is 107 Å². The quantitative estimate of drug-likeness (QED) is 0.236. The number of benzene rings is 3. The van der Waals surface area contributed by atoms with Gasteiger partial charge >= 0.3 is 0 Å². The predicted octanol–water partition coefficient (Wildman–Crippen LogP) is 6.71. The highest BCUT2D eigenvalue weighted by Gasteiger charge is 2.24. The largest absolute Gasteiger partial charge is 0.494 e. The van der Waals surface area contributed by atoms with Crippen LogP contribution in [0.4, 0.5) is 0 Å². The van der Waals surface area contributed by atoms with Crippen LogP contribution >= 0.6 is 15.9 Å². The third-order valence-electron chi connectivity index (χ3n) is 6.10. The number of hydrogen-bond acceptors (Lipinski definition) is 4. The van der Waals surface area contributed by atoms with Crippen molar-refractivity contribution in [1.82, 2.24) is 14.9 Å². The molecule has 7 heteroatoms. The molecule has 182 valence electrons. The van der Waals surface area contributed by atoms with Crippen molar-refractivity contribution in [3.8, 4) is 17.0 Å². The molecule has 0 saturated heterocycles. The van der Waals surface area contributed by atoms with Crippen molar-refractivity contribution in [3.63, 3.8) is 0 Å². The van der Waals surface area contributed by atoms with E-state index in [0.29, 0.717) is 18.6 Å². The molecule has 0 bridgehead atoms. The Balaban J connectivity index is 1.46. The van der Waals surface area contributed by atoms with E-state index in [4.69, 9.17) is 14.1 Å². The average molecular weight is 544 g/mol. The Hall–Kier alpha value is -3.84. The van der Waals surface area contributed by atoms with Crippen molar-refractivity contribution in [2.24, 2.45) is 7.05 Å². The van der Waals surface area contributed by atoms with Crippen LogP contribution < -0.4 is 10.1 Å². The van der Waals surface area contributed by atoms with Gasteiger partial charge in [-0.25, -0.2) is 4.98 Å². The summed E-state index contributed by atoms with van der Waals surface area (Å²) in [7, 11) is 1.97. The molecular weight excluding hydrogens is 518 g/mol. The maximum Gasteiger partial charge on any atom is 0.287 e. The lowest BCUT2D eigenvalue weighted by molar-refractivity contribution is 0.0908. The number of halogens is 1. The summed E-state index contributed by atoms with van der Waals surface area (Å²) in [6, 6.07) is 25.0. The van der Waals surface area contributed by atoms with Gasteiger partial charge in [0.15, 0.2) is 5.76 Å². The highest BCUT2D eigenvalue weighted by Crippen LogP contribution is 2.27. The fraction of sp³-hybridized carbons (Fsp3) is 0.172. The summed E-state index contributed by atoms with van der Waals surface area (Å²) < 4.78 is 14.4. The van der Waals surface area contributed by atoms with Crippen LogP contribution in [-0.2, 0) is 13.5 Å². The van der Waals surface area contributed by atoms with Gasteiger partial charge in [0.2, 0.25) is 0 Å². The van der Waals surface area contributed by atoms with Gasteiger partial charge in [-0.2, -0.15) is 0 Å². The number of para-hydroxylation sites is 1. The summed E-state index contributed by atoms with van der Waals surface area (Å²) >= 11 is 3.49. The maximum atomic E-state index is 13.3. The van der Waals surface area contributed by atoms with Crippen LogP contribution in [-0.4, -0.2) is 22.1 Å². The molecule has 0 saturated carbocycles. The Bertz CT molecular complexity index is 1450. The van der Waals surface area contributed by atoms with Gasteiger partial charge in [-0.3, -0.25) is 4.79 Å². The lowest BCUT2D eigenvalue weighted by atomic mass is 10.0. The molecule has 3 aromatic carbocycles. The van der Waals surface area contributed by atoms with Crippen LogP contribution in [0, 0.1) is 0 Å². The first-order valence-electron chi connectivity index (χ1n) is 11.8. The van der Waals surface area contributed by atoms with E-state index in [0.717, 1.165) is 38.3 Å². The van der Waals surface area contributed by atoms with Crippen molar-refractivity contribution < 1.29 is 13.9 Å². The first-order chi connectivity index (χ1) is 17.5. The minimum Gasteiger partial charge on any atom is -0.494 e. The van der Waals surface area contributed by atoms with Gasteiger partial charge in [-0.15, -0.1) is 0 Å². The van der Waals surface area contributed by atoms with Crippen LogP contribution in [0.25, 0.3) is 22.2 Å². The second kappa shape index (κ2) is 10.4. The predicted molar refractivity (Wildman–Crippen MR) is 144 cm³/mol. The monoisotopic (exact) mass is 543 g/mol. The van der Waals surface area contributed by atoms with Crippen molar-refractivity contribution in [1.29, 1.82) is 0 Å². The fourth-order valence-corrected chi connectivity index (χ4v) is 4.55. The first kappa shape index (κ1) is 23.9. The van der Waals surface area contributed by atoms with E-state index >= 15 is 0 Å². The summed E-state index contributed by atoms with van der Waals surface area (Å²) in [5.41, 5.74) is 3.75. The molecule has 1 atom stereocenters. The number of nitrogens with zero attached hydrogens (tertiary/aromatic N) is 2. The third-order valence-corrected chi connectivity index (χ3v) is 6.63. The Morgan fingerprint density at radius 2 is 1.83 bits per heavy atom. The molecule has 0 aliphatic heterocycles. The lowest BCUT2D eigenvalue weighted by Gasteiger charge is -2.19. The van der Waals surface area contributed by atoms with E-state index in [1.807, 2.05) is 97.5 Å². The van der Waals surface area contributed by atoms with Crippen LogP contribution in [0.5, 0.6) is 5.75 Å². The molecule has 1 amide bonds. The average Bonchev–Trinajstić information content (AvgIpc) is 3.49. The smallest absolute Gasteiger partial charge is 0.287 e. The number of ether oxygens (including phenoxy) is 1. The Morgan fingerprint density at radius 3 is 2.56 bits per heavy atom. The number of carbonyl (C=O) groups excluding carboxylic acids is 1. The van der Waals surface area contributed by atoms with E-state index in [2.05, 4.69) is 21.2 Å². The lowest BCUT2D eigenvalue weighted by Crippen LogP contribution is -2.31. The second-order valence-electron chi connectivity index (χ2n) is 8.52. The molecule has 1 unspecified atom stereocenters. The fourth-order valence-electron chi connectivity index (χ4n) is 4.29. The molecule has 0 fully saturated rings. The van der Waals surface area contributed by atoms with E-state index in [1.54, 1.807) is 6.07 Å². The molecule has 2 heterocycles. The SMILES string of the molecule is CCOc1ccc(CC(NC(=O)c2cc3ccccc3o2)c2ncc(-c3ccc(Br)cc3)n2C)cc1. The summed E-state index contributed by atoms with van der Waals surface area (Å²) in [6.07, 6.45) is 2.40. The number of carbonyl (C=O) groups is 1. The minimum atomic E-state index is -0.377. The van der Waals surface area contributed by atoms with E-state index in [1.165, 1.54) is 0 Å². The third kappa shape index (κ3) is 5.06. The standard InChI is InChI=1S/C29H26BrN3O3/c1-3-35-23-14-8-19(9-15-23)16-24(32-29(34)27-17-21-6-4-5-7-26(21)36-27)28-31-18-25(33(28)2)20-10-12-22(30)13-11-20/h4-15,17-18,24H,3,16H2,1-2H3,(H,32,34). The normalized spacial score (nSPS) is 12.0. The van der Waals surface area contributed by atoms with Crippen molar-refractivity contribution in [2.45, 2.75) is 19.4 Å². The number of nitrogens with one attached hydrogen (secondary N) is 1. The molecular formula is C29H26BrN3O3. The first-order valence-corrected chi connectivity index (χ1v) is 12.6. The van der Waals surface area contributed by atoms with Gasteiger partial charge in [0.1, 0.15) is 17.2 Å². The van der Waals surface area contributed by atoms with Crippen molar-refractivity contribution >= 4 is 32.8 Å². The highest BCUT2D eigenvalue weighted by molar-refractivity contribution is 9.10. The second-order valence-corrected chi connectivity index (χ2v) is 9.44. The highest BCUT2D eigenvalue weighted by atomic mass is 79.9. The number of fused-ring (bicyclic) bond motifs is 1. The number of furan rings is 1. The van der Waals surface area contributed by atoms with E-state index < -0.39 is 0 Å². The van der Waals surface area contributed by atoms with Crippen LogP contribution in [0.2, 0.25) is 0 Å². The molecule has 6 nitrogen and oxygen atoms in total. The molecule has 5 rings (SSSR count). The Morgan fingerprint density at radius 1 is 1.08 bits per heavy atom. The molecule has 0 aliphatic rings. The van der Waals surface area contributed by atoms with Gasteiger partial charge in [0.25, 0.3) is 5.91 Å². The van der Waals surface area contributed by atoms with Gasteiger partial charge in [-0.1, -0.05) is 58.4 Å². The number of amides is 1. The molecule has 5 aromatic rings. The number of rotatable bonds is 8. The summed E-state index contributed by atoms with van der Waals surface area (Å²) in [5.74, 6) is 1.57. The number of hydrogen-bond donors (Lipinski definition) is 1. The summed E-state index contributed by atoms with van der Waals surface area (Å²) in [5, 5.41) is 4.05. The van der Waals surface area contributed by atoms with Gasteiger partial charge in [-0.05, 0) is 60.9 Å². The zero-order valence-electron chi connectivity index (χ0n) is 20.1. The van der Waals surface area contributed by atoms with E-state index in [-0.39, 0.29) is 17.7 Å². The number of aromatic nitrogens is 2. The zero-order chi connectivity index (χ0) is 25.1. The molecule has 36 heavy (non-hydrogen) atoms. The van der Waals surface area contributed by atoms with Gasteiger partial charge < -0.3 is 19.0 Å². The molecule has 0 spiro atoms. The summed E-state index contributed by atoms with van der Waals surface area (Å²) in [4.78, 5) is 18.0. The summed E-state index contributed by atoms with van der Waals surface area (Å²) in [6.45, 7) is 2.57. The van der Waals surface area contributed by atoms with Crippen molar-refractivity contribution in [2.75, 3.05) is 6.61 Å². The van der Waals surface area contributed by atoms with Crippen LogP contribution in [0.1, 0.15) is 34.9 Å². The molecule has 1 N–H and O–H groups in total. The Kier molecular flexibility index (Phi) is 6.91. The topological polar surface area (TPSA) is 69.3 Å². The molecule has 0 radical (unpaired) electrons. The van der Waals surface area contributed by atoms with Gasteiger partial charge in [0.05, 0.1) is 24.5 Å². The Labute approximate surface area is 218 Å². The zero-order valence-corrected chi connectivity index (χ0v) is 21.7. The van der Waals surface area contributed by atoms with Crippen LogP contribution in [0.3, 0.4) is 0 Å².